The minimum absolute atomic E-state index is 0.0183. The van der Waals surface area contributed by atoms with Crippen molar-refractivity contribution in [3.63, 3.8) is 0 Å². The molecule has 3 N–H and O–H groups in total. The van der Waals surface area contributed by atoms with Crippen molar-refractivity contribution in [3.8, 4) is 5.82 Å². The number of aromatic nitrogens is 4. The molecule has 0 spiro atoms. The Balaban J connectivity index is 1.13. The van der Waals surface area contributed by atoms with Crippen LogP contribution in [0.2, 0.25) is 0 Å². The number of hydrogen-bond acceptors (Lipinski definition) is 8. The highest BCUT2D eigenvalue weighted by Crippen LogP contribution is 2.25. The van der Waals surface area contributed by atoms with Crippen molar-refractivity contribution in [1.82, 2.24) is 24.4 Å². The number of imidazole rings is 1. The standard InChI is InChI=1S/C32H31N7O4/c1-21(23-10-6-3-7-11-23)35-31-33-15-14-29(37-31)39-20-34-26-16-24(12-13-27(26)39)36-30(41)28-17-25(40)18-38(28)32(42)43-19-22-8-4-2-5-9-22/h2-16,20-21,25,28,40H,17-19H2,1H3,(H,36,41)(H,33,35,37)/t21-,25+,28?/m0/s1. The van der Waals surface area contributed by atoms with E-state index in [2.05, 4.69) is 25.6 Å². The molecule has 0 aliphatic carbocycles. The Hall–Kier alpha value is -5.29. The summed E-state index contributed by atoms with van der Waals surface area (Å²) in [6.45, 7) is 2.15. The summed E-state index contributed by atoms with van der Waals surface area (Å²) >= 11 is 0. The Labute approximate surface area is 248 Å². The molecule has 2 amide bonds. The van der Waals surface area contributed by atoms with E-state index in [9.17, 15) is 14.7 Å². The first-order valence-corrected chi connectivity index (χ1v) is 14.0. The van der Waals surface area contributed by atoms with E-state index in [1.807, 2.05) is 78.2 Å². The summed E-state index contributed by atoms with van der Waals surface area (Å²) in [6.07, 6.45) is 2.01. The van der Waals surface area contributed by atoms with Gasteiger partial charge in [-0.2, -0.15) is 4.98 Å². The average Bonchev–Trinajstić information content (AvgIpc) is 3.64. The van der Waals surface area contributed by atoms with Gasteiger partial charge in [0.1, 0.15) is 24.8 Å². The number of β-amino-alcohol motifs (C(OH)–C–C–N with tert-alkyl or cyclic N) is 1. The number of anilines is 2. The molecule has 43 heavy (non-hydrogen) atoms. The van der Waals surface area contributed by atoms with Gasteiger partial charge in [0, 0.05) is 18.3 Å². The number of likely N-dealkylation sites (tertiary alicyclic amines) is 1. The van der Waals surface area contributed by atoms with Crippen LogP contribution >= 0.6 is 0 Å². The second-order valence-electron chi connectivity index (χ2n) is 10.4. The van der Waals surface area contributed by atoms with Crippen molar-refractivity contribution < 1.29 is 19.4 Å². The molecule has 6 rings (SSSR count). The van der Waals surface area contributed by atoms with E-state index < -0.39 is 24.1 Å². The van der Waals surface area contributed by atoms with Crippen LogP contribution in [0.15, 0.2) is 97.5 Å². The second-order valence-corrected chi connectivity index (χ2v) is 10.4. The zero-order valence-electron chi connectivity index (χ0n) is 23.5. The van der Waals surface area contributed by atoms with Gasteiger partial charge in [-0.3, -0.25) is 14.3 Å². The molecule has 5 aromatic rings. The molecule has 1 aliphatic heterocycles. The van der Waals surface area contributed by atoms with Crippen LogP contribution < -0.4 is 10.6 Å². The first kappa shape index (κ1) is 27.9. The van der Waals surface area contributed by atoms with Gasteiger partial charge in [0.2, 0.25) is 11.9 Å². The van der Waals surface area contributed by atoms with Crippen molar-refractivity contribution in [2.75, 3.05) is 17.2 Å². The van der Waals surface area contributed by atoms with Gasteiger partial charge in [0.15, 0.2) is 0 Å². The van der Waals surface area contributed by atoms with Crippen LogP contribution in [0.4, 0.5) is 16.4 Å². The molecule has 0 radical (unpaired) electrons. The summed E-state index contributed by atoms with van der Waals surface area (Å²) in [7, 11) is 0. The smallest absolute Gasteiger partial charge is 0.410 e. The maximum atomic E-state index is 13.2. The quantitative estimate of drug-likeness (QED) is 0.242. The number of ether oxygens (including phenoxy) is 1. The first-order chi connectivity index (χ1) is 20.9. The lowest BCUT2D eigenvalue weighted by molar-refractivity contribution is -0.120. The molecule has 0 saturated carbocycles. The van der Waals surface area contributed by atoms with E-state index in [1.165, 1.54) is 4.90 Å². The van der Waals surface area contributed by atoms with Crippen LogP contribution in [-0.2, 0) is 16.1 Å². The molecular formula is C32H31N7O4. The number of nitrogens with one attached hydrogen (secondary N) is 2. The summed E-state index contributed by atoms with van der Waals surface area (Å²) in [5.74, 6) is 0.720. The zero-order valence-corrected chi connectivity index (χ0v) is 23.5. The van der Waals surface area contributed by atoms with Gasteiger partial charge >= 0.3 is 6.09 Å². The second kappa shape index (κ2) is 12.3. The molecule has 11 heteroatoms. The van der Waals surface area contributed by atoms with E-state index in [-0.39, 0.29) is 25.6 Å². The summed E-state index contributed by atoms with van der Waals surface area (Å²) in [6, 6.07) is 25.7. The van der Waals surface area contributed by atoms with Crippen molar-refractivity contribution in [2.24, 2.45) is 0 Å². The van der Waals surface area contributed by atoms with Crippen molar-refractivity contribution in [3.05, 3.63) is 109 Å². The minimum Gasteiger partial charge on any atom is -0.445 e. The van der Waals surface area contributed by atoms with Crippen LogP contribution in [0.1, 0.15) is 30.5 Å². The summed E-state index contributed by atoms with van der Waals surface area (Å²) < 4.78 is 7.26. The Morgan fingerprint density at radius 1 is 1.02 bits per heavy atom. The zero-order chi connectivity index (χ0) is 29.8. The predicted octanol–water partition coefficient (Wildman–Crippen LogP) is 4.70. The van der Waals surface area contributed by atoms with E-state index in [0.29, 0.717) is 23.0 Å². The fourth-order valence-electron chi connectivity index (χ4n) is 5.14. The minimum atomic E-state index is -0.864. The molecule has 3 atom stereocenters. The lowest BCUT2D eigenvalue weighted by Gasteiger charge is -2.23. The number of amides is 2. The monoisotopic (exact) mass is 577 g/mol. The average molecular weight is 578 g/mol. The Bertz CT molecular complexity index is 1730. The number of hydrogen-bond donors (Lipinski definition) is 3. The highest BCUT2D eigenvalue weighted by Gasteiger charge is 2.40. The van der Waals surface area contributed by atoms with Crippen LogP contribution in [0.3, 0.4) is 0 Å². The fourth-order valence-corrected chi connectivity index (χ4v) is 5.14. The lowest BCUT2D eigenvalue weighted by Crippen LogP contribution is -2.43. The molecule has 218 valence electrons. The first-order valence-electron chi connectivity index (χ1n) is 14.0. The molecular weight excluding hydrogens is 546 g/mol. The highest BCUT2D eigenvalue weighted by atomic mass is 16.6. The molecule has 3 aromatic carbocycles. The molecule has 2 aromatic heterocycles. The number of benzene rings is 3. The Morgan fingerprint density at radius 3 is 2.58 bits per heavy atom. The van der Waals surface area contributed by atoms with Gasteiger partial charge < -0.3 is 20.5 Å². The van der Waals surface area contributed by atoms with Gasteiger partial charge in [-0.25, -0.2) is 14.8 Å². The Morgan fingerprint density at radius 2 is 1.79 bits per heavy atom. The molecule has 1 aliphatic rings. The predicted molar refractivity (Wildman–Crippen MR) is 162 cm³/mol. The van der Waals surface area contributed by atoms with Gasteiger partial charge in [0.05, 0.1) is 29.7 Å². The normalized spacial score (nSPS) is 17.0. The number of rotatable bonds is 8. The van der Waals surface area contributed by atoms with E-state index in [4.69, 9.17) is 4.74 Å². The fraction of sp³-hybridized carbons (Fsp3) is 0.219. The largest absolute Gasteiger partial charge is 0.445 e. The van der Waals surface area contributed by atoms with Gasteiger partial charge in [-0.05, 0) is 42.3 Å². The van der Waals surface area contributed by atoms with Gasteiger partial charge in [-0.1, -0.05) is 60.7 Å². The summed E-state index contributed by atoms with van der Waals surface area (Å²) in [5, 5.41) is 16.4. The van der Waals surface area contributed by atoms with Crippen molar-refractivity contribution in [1.29, 1.82) is 0 Å². The number of nitrogens with zero attached hydrogens (tertiary/aromatic N) is 5. The van der Waals surface area contributed by atoms with Gasteiger partial charge in [0.25, 0.3) is 0 Å². The highest BCUT2D eigenvalue weighted by molar-refractivity contribution is 5.98. The third kappa shape index (κ3) is 6.31. The maximum absolute atomic E-state index is 13.2. The van der Waals surface area contributed by atoms with E-state index in [1.54, 1.807) is 30.7 Å². The number of carbonyl (C=O) groups is 2. The van der Waals surface area contributed by atoms with Crippen LogP contribution in [0, 0.1) is 0 Å². The molecule has 1 unspecified atom stereocenters. The van der Waals surface area contributed by atoms with Crippen LogP contribution in [0.5, 0.6) is 0 Å². The van der Waals surface area contributed by atoms with Gasteiger partial charge in [-0.15, -0.1) is 0 Å². The number of aliphatic hydroxyl groups is 1. The van der Waals surface area contributed by atoms with Crippen LogP contribution in [-0.4, -0.2) is 60.2 Å². The molecule has 3 heterocycles. The third-order valence-corrected chi connectivity index (χ3v) is 7.37. The maximum Gasteiger partial charge on any atom is 0.410 e. The summed E-state index contributed by atoms with van der Waals surface area (Å²) in [5.41, 5.74) is 3.91. The Kier molecular flexibility index (Phi) is 7.96. The summed E-state index contributed by atoms with van der Waals surface area (Å²) in [4.78, 5) is 40.8. The lowest BCUT2D eigenvalue weighted by atomic mass is 10.1. The van der Waals surface area contributed by atoms with E-state index in [0.717, 1.165) is 16.6 Å². The molecule has 0 bridgehead atoms. The topological polar surface area (TPSA) is 134 Å². The third-order valence-electron chi connectivity index (χ3n) is 7.37. The number of fused-ring (bicyclic) bond motifs is 1. The van der Waals surface area contributed by atoms with Crippen molar-refractivity contribution >= 4 is 34.7 Å². The molecule has 11 nitrogen and oxygen atoms in total. The number of carbonyl (C=O) groups excluding carboxylic acids is 2. The number of aliphatic hydroxyl groups excluding tert-OH is 1. The molecule has 1 fully saturated rings. The van der Waals surface area contributed by atoms with Crippen molar-refractivity contribution in [2.45, 2.75) is 38.1 Å². The molecule has 1 saturated heterocycles. The SMILES string of the molecule is C[C@H](Nc1nccc(-n2cnc3cc(NC(=O)C4C[C@@H](O)CN4C(=O)OCc4ccccc4)ccc32)n1)c1ccccc1. The van der Waals surface area contributed by atoms with E-state index >= 15 is 0 Å². The van der Waals surface area contributed by atoms with Crippen LogP contribution in [0.25, 0.3) is 16.9 Å².